The molecule has 0 bridgehead atoms. The van der Waals surface area contributed by atoms with E-state index in [9.17, 15) is 4.79 Å². The van der Waals surface area contributed by atoms with Gasteiger partial charge in [0.05, 0.1) is 20.6 Å². The monoisotopic (exact) mass is 230 g/mol. The minimum Gasteiger partial charge on any atom is -0.497 e. The molecule has 2 rings (SSSR count). The normalized spacial score (nSPS) is 10.2. The van der Waals surface area contributed by atoms with E-state index < -0.39 is 0 Å². The first kappa shape index (κ1) is 11.5. The summed E-state index contributed by atoms with van der Waals surface area (Å²) in [4.78, 5) is 11.2. The van der Waals surface area contributed by atoms with Crippen molar-refractivity contribution in [2.24, 2.45) is 0 Å². The molecule has 0 spiro atoms. The number of hydrogen-bond donors (Lipinski definition) is 0. The Bertz CT molecular complexity index is 546. The highest BCUT2D eigenvalue weighted by Crippen LogP contribution is 2.22. The molecule has 0 aliphatic carbocycles. The van der Waals surface area contributed by atoms with Gasteiger partial charge in [-0.05, 0) is 28.5 Å². The second kappa shape index (κ2) is 4.87. The number of benzene rings is 2. The Morgan fingerprint density at radius 1 is 1.06 bits per heavy atom. The molecule has 0 aliphatic heterocycles. The molecule has 0 aliphatic rings. The predicted octanol–water partition coefficient (Wildman–Crippen LogP) is 2.56. The average Bonchev–Trinajstić information content (AvgIpc) is 2.37. The van der Waals surface area contributed by atoms with E-state index in [2.05, 4.69) is 4.74 Å². The number of fused-ring (bicyclic) bond motifs is 1. The highest BCUT2D eigenvalue weighted by molar-refractivity contribution is 5.85. The third-order valence-corrected chi connectivity index (χ3v) is 2.69. The van der Waals surface area contributed by atoms with Gasteiger partial charge in [-0.15, -0.1) is 0 Å². The first-order chi connectivity index (χ1) is 8.22. The summed E-state index contributed by atoms with van der Waals surface area (Å²) in [5.74, 6) is 0.583. The van der Waals surface area contributed by atoms with Gasteiger partial charge in [-0.3, -0.25) is 4.79 Å². The van der Waals surface area contributed by atoms with Crippen LogP contribution in [0.4, 0.5) is 0 Å². The van der Waals surface area contributed by atoms with E-state index in [-0.39, 0.29) is 5.97 Å². The highest BCUT2D eigenvalue weighted by Gasteiger charge is 2.04. The van der Waals surface area contributed by atoms with Gasteiger partial charge in [-0.2, -0.15) is 0 Å². The Kier molecular flexibility index (Phi) is 3.28. The quantitative estimate of drug-likeness (QED) is 0.760. The van der Waals surface area contributed by atoms with Crippen molar-refractivity contribution in [2.75, 3.05) is 14.2 Å². The Morgan fingerprint density at radius 3 is 2.53 bits per heavy atom. The molecule has 0 saturated carbocycles. The van der Waals surface area contributed by atoms with Crippen molar-refractivity contribution in [3.8, 4) is 5.75 Å². The van der Waals surface area contributed by atoms with E-state index in [1.165, 1.54) is 7.11 Å². The number of esters is 1. The molecule has 88 valence electrons. The Labute approximate surface area is 100.0 Å². The number of hydrogen-bond acceptors (Lipinski definition) is 3. The lowest BCUT2D eigenvalue weighted by Gasteiger charge is -2.05. The van der Waals surface area contributed by atoms with E-state index in [4.69, 9.17) is 4.74 Å². The number of carbonyl (C=O) groups excluding carboxylic acids is 1. The number of rotatable bonds is 3. The summed E-state index contributed by atoms with van der Waals surface area (Å²) in [6.45, 7) is 0. The van der Waals surface area contributed by atoms with Crippen molar-refractivity contribution in [2.45, 2.75) is 6.42 Å². The number of carbonyl (C=O) groups is 1. The second-order valence-corrected chi connectivity index (χ2v) is 3.80. The van der Waals surface area contributed by atoms with Crippen LogP contribution in [0.5, 0.6) is 5.75 Å². The van der Waals surface area contributed by atoms with Gasteiger partial charge in [0.1, 0.15) is 5.75 Å². The van der Waals surface area contributed by atoms with Crippen LogP contribution in [0, 0.1) is 0 Å². The summed E-state index contributed by atoms with van der Waals surface area (Å²) in [6.07, 6.45) is 0.295. The minimum atomic E-state index is -0.229. The number of ether oxygens (including phenoxy) is 2. The molecule has 2 aromatic rings. The van der Waals surface area contributed by atoms with E-state index in [1.807, 2.05) is 36.4 Å². The van der Waals surface area contributed by atoms with Crippen LogP contribution < -0.4 is 4.74 Å². The Balaban J connectivity index is 2.37. The second-order valence-electron chi connectivity index (χ2n) is 3.80. The fourth-order valence-corrected chi connectivity index (χ4v) is 1.75. The lowest BCUT2D eigenvalue weighted by molar-refractivity contribution is -0.139. The average molecular weight is 230 g/mol. The van der Waals surface area contributed by atoms with Gasteiger partial charge in [0.15, 0.2) is 0 Å². The molecule has 0 heterocycles. The zero-order chi connectivity index (χ0) is 12.3. The van der Waals surface area contributed by atoms with Crippen molar-refractivity contribution in [3.63, 3.8) is 0 Å². The van der Waals surface area contributed by atoms with Crippen LogP contribution >= 0.6 is 0 Å². The summed E-state index contributed by atoms with van der Waals surface area (Å²) >= 11 is 0. The third kappa shape index (κ3) is 2.56. The van der Waals surface area contributed by atoms with Crippen LogP contribution in [0.15, 0.2) is 36.4 Å². The maximum absolute atomic E-state index is 11.2. The highest BCUT2D eigenvalue weighted by atomic mass is 16.5. The van der Waals surface area contributed by atoms with E-state index in [1.54, 1.807) is 7.11 Å². The summed E-state index contributed by atoms with van der Waals surface area (Å²) in [5, 5.41) is 2.19. The van der Waals surface area contributed by atoms with Gasteiger partial charge in [0.25, 0.3) is 0 Å². The van der Waals surface area contributed by atoms with Crippen molar-refractivity contribution in [1.29, 1.82) is 0 Å². The van der Waals surface area contributed by atoms with Crippen molar-refractivity contribution in [3.05, 3.63) is 42.0 Å². The predicted molar refractivity (Wildman–Crippen MR) is 66.2 cm³/mol. The molecule has 17 heavy (non-hydrogen) atoms. The van der Waals surface area contributed by atoms with Crippen LogP contribution in [-0.4, -0.2) is 20.2 Å². The molecule has 0 radical (unpaired) electrons. The van der Waals surface area contributed by atoms with Crippen LogP contribution in [0.3, 0.4) is 0 Å². The zero-order valence-electron chi connectivity index (χ0n) is 9.90. The molecule has 0 amide bonds. The van der Waals surface area contributed by atoms with Gasteiger partial charge in [-0.25, -0.2) is 0 Å². The summed E-state index contributed by atoms with van der Waals surface area (Å²) in [7, 11) is 3.03. The molecule has 3 heteroatoms. The fourth-order valence-electron chi connectivity index (χ4n) is 1.75. The number of methoxy groups -OCH3 is 2. The topological polar surface area (TPSA) is 35.5 Å². The third-order valence-electron chi connectivity index (χ3n) is 2.69. The van der Waals surface area contributed by atoms with Crippen LogP contribution in [0.25, 0.3) is 10.8 Å². The van der Waals surface area contributed by atoms with Gasteiger partial charge < -0.3 is 9.47 Å². The van der Waals surface area contributed by atoms with Crippen molar-refractivity contribution in [1.82, 2.24) is 0 Å². The summed E-state index contributed by atoms with van der Waals surface area (Å²) < 4.78 is 9.82. The Hall–Kier alpha value is -2.03. The molecule has 0 N–H and O–H groups in total. The van der Waals surface area contributed by atoms with E-state index in [0.29, 0.717) is 6.42 Å². The first-order valence-corrected chi connectivity index (χ1v) is 5.36. The van der Waals surface area contributed by atoms with Gasteiger partial charge in [-0.1, -0.05) is 24.3 Å². The van der Waals surface area contributed by atoms with Crippen LogP contribution in [-0.2, 0) is 16.0 Å². The smallest absolute Gasteiger partial charge is 0.309 e. The molecule has 3 nitrogen and oxygen atoms in total. The van der Waals surface area contributed by atoms with Gasteiger partial charge in [0.2, 0.25) is 0 Å². The molecule has 0 unspecified atom stereocenters. The van der Waals surface area contributed by atoms with Gasteiger partial charge in [0, 0.05) is 0 Å². The van der Waals surface area contributed by atoms with Crippen LogP contribution in [0.2, 0.25) is 0 Å². The molecular weight excluding hydrogens is 216 g/mol. The Morgan fingerprint density at radius 2 is 1.82 bits per heavy atom. The lowest BCUT2D eigenvalue weighted by atomic mass is 10.0. The molecule has 0 saturated heterocycles. The van der Waals surface area contributed by atoms with E-state index >= 15 is 0 Å². The van der Waals surface area contributed by atoms with Crippen molar-refractivity contribution >= 4 is 16.7 Å². The van der Waals surface area contributed by atoms with Crippen molar-refractivity contribution < 1.29 is 14.3 Å². The largest absolute Gasteiger partial charge is 0.497 e. The molecule has 2 aromatic carbocycles. The fraction of sp³-hybridized carbons (Fsp3) is 0.214. The molecular formula is C14H14O3. The maximum atomic E-state index is 11.2. The molecule has 0 fully saturated rings. The first-order valence-electron chi connectivity index (χ1n) is 5.36. The summed E-state index contributed by atoms with van der Waals surface area (Å²) in [6, 6.07) is 11.8. The van der Waals surface area contributed by atoms with E-state index in [0.717, 1.165) is 22.1 Å². The minimum absolute atomic E-state index is 0.229. The summed E-state index contributed by atoms with van der Waals surface area (Å²) in [5.41, 5.74) is 0.942. The maximum Gasteiger partial charge on any atom is 0.309 e. The lowest BCUT2D eigenvalue weighted by Crippen LogP contribution is -2.04. The molecule has 0 aromatic heterocycles. The molecule has 0 atom stereocenters. The SMILES string of the molecule is COC(=O)Cc1ccc2ccc(OC)cc2c1. The standard InChI is InChI=1S/C14H14O3/c1-16-13-6-5-11-4-3-10(7-12(11)9-13)8-14(15)17-2/h3-7,9H,8H2,1-2H3. The van der Waals surface area contributed by atoms with Gasteiger partial charge >= 0.3 is 5.97 Å². The van der Waals surface area contributed by atoms with Crippen LogP contribution in [0.1, 0.15) is 5.56 Å². The zero-order valence-corrected chi connectivity index (χ0v) is 9.90.